The summed E-state index contributed by atoms with van der Waals surface area (Å²) >= 11 is 0. The third-order valence-electron chi connectivity index (χ3n) is 8.88. The molecule has 0 N–H and O–H groups in total. The Labute approximate surface area is 150 Å². The smallest absolute Gasteiger partial charge is 0.159 e. The molecule has 0 aromatic rings. The van der Waals surface area contributed by atoms with Gasteiger partial charge in [0, 0.05) is 30.6 Å². The van der Waals surface area contributed by atoms with E-state index in [0.29, 0.717) is 31.0 Å². The lowest BCUT2D eigenvalue weighted by molar-refractivity contribution is -0.156. The van der Waals surface area contributed by atoms with Gasteiger partial charge < -0.3 is 0 Å². The topological polar surface area (TPSA) is 51.2 Å². The number of carbonyl (C=O) groups is 3. The second kappa shape index (κ2) is 4.72. The number of carbonyl (C=O) groups excluding carboxylic acids is 3. The van der Waals surface area contributed by atoms with Crippen LogP contribution in [0.25, 0.3) is 0 Å². The van der Waals surface area contributed by atoms with Crippen LogP contribution in [0.2, 0.25) is 0 Å². The molecule has 0 aromatic carbocycles. The molecule has 5 atom stereocenters. The van der Waals surface area contributed by atoms with E-state index in [1.54, 1.807) is 0 Å². The van der Waals surface area contributed by atoms with E-state index in [1.165, 1.54) is 0 Å². The highest BCUT2D eigenvalue weighted by molar-refractivity contribution is 5.99. The zero-order valence-corrected chi connectivity index (χ0v) is 16.2. The van der Waals surface area contributed by atoms with Crippen molar-refractivity contribution in [2.45, 2.75) is 73.1 Å². The lowest BCUT2D eigenvalue weighted by atomic mass is 9.40. The summed E-state index contributed by atoms with van der Waals surface area (Å²) in [7, 11) is 0. The molecule has 0 aliphatic heterocycles. The van der Waals surface area contributed by atoms with Crippen molar-refractivity contribution in [2.24, 2.45) is 33.5 Å². The van der Waals surface area contributed by atoms with E-state index in [-0.39, 0.29) is 33.7 Å². The number of rotatable bonds is 0. The zero-order valence-electron chi connectivity index (χ0n) is 16.2. The number of hydrogen-bond acceptors (Lipinski definition) is 3. The van der Waals surface area contributed by atoms with Crippen molar-refractivity contribution in [1.82, 2.24) is 0 Å². The molecule has 0 spiro atoms. The van der Waals surface area contributed by atoms with Gasteiger partial charge in [-0.05, 0) is 66.9 Å². The van der Waals surface area contributed by atoms with E-state index in [9.17, 15) is 14.4 Å². The molecule has 0 radical (unpaired) electrons. The molecule has 4 aliphatic carbocycles. The Hall–Kier alpha value is -1.25. The Balaban J connectivity index is 1.88. The van der Waals surface area contributed by atoms with Gasteiger partial charge in [0.05, 0.1) is 0 Å². The number of fused-ring (bicyclic) bond motifs is 5. The van der Waals surface area contributed by atoms with Gasteiger partial charge >= 0.3 is 0 Å². The minimum atomic E-state index is -0.528. The summed E-state index contributed by atoms with van der Waals surface area (Å²) in [4.78, 5) is 38.2. The Morgan fingerprint density at radius 2 is 1.64 bits per heavy atom. The summed E-state index contributed by atoms with van der Waals surface area (Å²) in [6, 6.07) is 0. The third kappa shape index (κ3) is 1.90. The van der Waals surface area contributed by atoms with Crippen molar-refractivity contribution >= 4 is 17.3 Å². The van der Waals surface area contributed by atoms with Gasteiger partial charge in [-0.15, -0.1) is 0 Å². The normalized spacial score (nSPS) is 48.5. The highest BCUT2D eigenvalue weighted by Gasteiger charge is 2.68. The first-order valence-electron chi connectivity index (χ1n) is 9.77. The van der Waals surface area contributed by atoms with Crippen LogP contribution in [0.1, 0.15) is 73.1 Å². The number of allylic oxidation sites excluding steroid dienone is 2. The largest absolute Gasteiger partial charge is 0.300 e. The predicted molar refractivity (Wildman–Crippen MR) is 95.9 cm³/mol. The van der Waals surface area contributed by atoms with Gasteiger partial charge in [0.25, 0.3) is 0 Å². The maximum absolute atomic E-state index is 13.4. The molecule has 0 unspecified atom stereocenters. The van der Waals surface area contributed by atoms with E-state index in [4.69, 9.17) is 0 Å². The van der Waals surface area contributed by atoms with Crippen molar-refractivity contribution in [3.63, 3.8) is 0 Å². The lowest BCUT2D eigenvalue weighted by Gasteiger charge is -2.63. The average Bonchev–Trinajstić information content (AvgIpc) is 2.72. The lowest BCUT2D eigenvalue weighted by Crippen LogP contribution is -2.60. The first-order valence-corrected chi connectivity index (χ1v) is 9.77. The molecule has 0 heterocycles. The van der Waals surface area contributed by atoms with Crippen molar-refractivity contribution in [2.75, 3.05) is 0 Å². The van der Waals surface area contributed by atoms with Crippen LogP contribution >= 0.6 is 0 Å². The molecular weight excluding hydrogens is 312 g/mol. The Morgan fingerprint density at radius 3 is 2.32 bits per heavy atom. The van der Waals surface area contributed by atoms with E-state index >= 15 is 0 Å². The molecule has 4 aliphatic rings. The fraction of sp³-hybridized carbons (Fsp3) is 0.773. The molecule has 3 heteroatoms. The van der Waals surface area contributed by atoms with Crippen LogP contribution in [0.15, 0.2) is 11.6 Å². The number of hydrogen-bond donors (Lipinski definition) is 0. The molecule has 3 nitrogen and oxygen atoms in total. The molecule has 3 saturated carbocycles. The average molecular weight is 342 g/mol. The van der Waals surface area contributed by atoms with Gasteiger partial charge in [0.15, 0.2) is 5.78 Å². The van der Waals surface area contributed by atoms with Crippen molar-refractivity contribution in [3.05, 3.63) is 11.6 Å². The quantitative estimate of drug-likeness (QED) is 0.660. The standard InChI is InChI=1S/C22H30O3/c1-19(2)15-10-16(24)18-21(4,14(15)6-7-17(19)25)9-8-20(3)11-13(23)12-22(18,20)5/h10,14,18H,6-9,11-12H2,1-5H3/t14-,18-,20-,21+,22+/m1/s1. The second-order valence-corrected chi connectivity index (χ2v) is 10.5. The van der Waals surface area contributed by atoms with Gasteiger partial charge in [-0.3, -0.25) is 14.4 Å². The van der Waals surface area contributed by atoms with Gasteiger partial charge in [-0.2, -0.15) is 0 Å². The monoisotopic (exact) mass is 342 g/mol. The molecule has 3 fully saturated rings. The summed E-state index contributed by atoms with van der Waals surface area (Å²) < 4.78 is 0. The van der Waals surface area contributed by atoms with Crippen molar-refractivity contribution < 1.29 is 14.4 Å². The van der Waals surface area contributed by atoms with Crippen LogP contribution in [0.5, 0.6) is 0 Å². The fourth-order valence-corrected chi connectivity index (χ4v) is 7.12. The summed E-state index contributed by atoms with van der Waals surface area (Å²) in [5, 5.41) is 0. The van der Waals surface area contributed by atoms with Crippen LogP contribution in [0.3, 0.4) is 0 Å². The van der Waals surface area contributed by atoms with Crippen LogP contribution in [0.4, 0.5) is 0 Å². The molecular formula is C22H30O3. The zero-order chi connectivity index (χ0) is 18.4. The summed E-state index contributed by atoms with van der Waals surface area (Å²) in [6.07, 6.45) is 6.42. The second-order valence-electron chi connectivity index (χ2n) is 10.5. The van der Waals surface area contributed by atoms with E-state index in [1.807, 2.05) is 19.9 Å². The highest BCUT2D eigenvalue weighted by atomic mass is 16.1. The molecule has 0 amide bonds. The van der Waals surface area contributed by atoms with Crippen LogP contribution < -0.4 is 0 Å². The Morgan fingerprint density at radius 1 is 0.960 bits per heavy atom. The van der Waals surface area contributed by atoms with Crippen molar-refractivity contribution in [1.29, 1.82) is 0 Å². The van der Waals surface area contributed by atoms with E-state index < -0.39 is 5.41 Å². The number of ketones is 3. The Kier molecular flexibility index (Phi) is 3.24. The van der Waals surface area contributed by atoms with E-state index in [0.717, 1.165) is 24.8 Å². The third-order valence-corrected chi connectivity index (χ3v) is 8.88. The number of Topliss-reactive ketones (excluding diaryl/α,β-unsaturated/α-hetero) is 2. The maximum atomic E-state index is 13.4. The maximum Gasteiger partial charge on any atom is 0.159 e. The van der Waals surface area contributed by atoms with Gasteiger partial charge in [0.1, 0.15) is 11.6 Å². The fourth-order valence-electron chi connectivity index (χ4n) is 7.12. The van der Waals surface area contributed by atoms with Crippen LogP contribution in [-0.4, -0.2) is 17.3 Å². The predicted octanol–water partition coefficient (Wildman–Crippen LogP) is 4.29. The Bertz CT molecular complexity index is 730. The van der Waals surface area contributed by atoms with Crippen LogP contribution in [0, 0.1) is 33.5 Å². The summed E-state index contributed by atoms with van der Waals surface area (Å²) in [5.74, 6) is 0.936. The first kappa shape index (κ1) is 17.2. The molecule has 136 valence electrons. The minimum Gasteiger partial charge on any atom is -0.300 e. The van der Waals surface area contributed by atoms with Gasteiger partial charge in [0.2, 0.25) is 0 Å². The van der Waals surface area contributed by atoms with E-state index in [2.05, 4.69) is 20.8 Å². The molecule has 0 bridgehead atoms. The summed E-state index contributed by atoms with van der Waals surface area (Å²) in [5.41, 5.74) is 0.0958. The van der Waals surface area contributed by atoms with Gasteiger partial charge in [-0.1, -0.05) is 20.8 Å². The summed E-state index contributed by atoms with van der Waals surface area (Å²) in [6.45, 7) is 10.6. The molecule has 0 aromatic heterocycles. The minimum absolute atomic E-state index is 0.0603. The SMILES string of the molecule is CC1(C)C(=O)CC[C@@H]2C1=CC(=O)[C@@H]1[C@@]2(C)CC[C@]2(C)CC(=O)C[C@@]12C. The molecule has 4 rings (SSSR count). The highest BCUT2D eigenvalue weighted by Crippen LogP contribution is 2.71. The van der Waals surface area contributed by atoms with Crippen LogP contribution in [-0.2, 0) is 14.4 Å². The van der Waals surface area contributed by atoms with Crippen molar-refractivity contribution in [3.8, 4) is 0 Å². The molecule has 0 saturated heterocycles. The first-order chi connectivity index (χ1) is 11.5. The molecule has 25 heavy (non-hydrogen) atoms. The van der Waals surface area contributed by atoms with Gasteiger partial charge in [-0.25, -0.2) is 0 Å².